The van der Waals surface area contributed by atoms with Crippen LogP contribution in [0.2, 0.25) is 0 Å². The summed E-state index contributed by atoms with van der Waals surface area (Å²) in [6.07, 6.45) is 1.62. The van der Waals surface area contributed by atoms with Crippen molar-refractivity contribution >= 4 is 22.8 Å². The van der Waals surface area contributed by atoms with E-state index in [-0.39, 0.29) is 11.5 Å². The third kappa shape index (κ3) is 3.68. The van der Waals surface area contributed by atoms with Crippen LogP contribution in [0.15, 0.2) is 48.0 Å². The highest BCUT2D eigenvalue weighted by Gasteiger charge is 2.09. The van der Waals surface area contributed by atoms with Gasteiger partial charge in [-0.15, -0.1) is 0 Å². The maximum Gasteiger partial charge on any atom is 0.262 e. The smallest absolute Gasteiger partial charge is 0.262 e. The van der Waals surface area contributed by atoms with E-state index in [1.165, 1.54) is 0 Å². The minimum Gasteiger partial charge on any atom is -0.383 e. The largest absolute Gasteiger partial charge is 0.383 e. The first-order valence-corrected chi connectivity index (χ1v) is 6.63. The highest BCUT2D eigenvalue weighted by atomic mass is 16.5. The molecule has 1 amide bonds. The fraction of sp³-hybridized carbons (Fsp3) is 0.176. The maximum absolute atomic E-state index is 11.9. The number of hydrogen-bond donors (Lipinski definition) is 1. The van der Waals surface area contributed by atoms with Crippen molar-refractivity contribution in [3.63, 3.8) is 0 Å². The van der Waals surface area contributed by atoms with Crippen molar-refractivity contribution < 1.29 is 9.53 Å². The third-order valence-corrected chi connectivity index (χ3v) is 3.08. The Labute approximate surface area is 123 Å². The second-order valence-corrected chi connectivity index (χ2v) is 4.49. The Bertz CT molecular complexity index is 709. The topological polar surface area (TPSA) is 62.1 Å². The molecule has 0 heterocycles. The molecule has 0 aliphatic rings. The summed E-state index contributed by atoms with van der Waals surface area (Å²) in [5.41, 5.74) is 0.939. The Hall–Kier alpha value is -2.64. The number of nitriles is 1. The van der Waals surface area contributed by atoms with Crippen LogP contribution in [0.4, 0.5) is 0 Å². The molecule has 1 N–H and O–H groups in total. The quantitative estimate of drug-likeness (QED) is 0.520. The van der Waals surface area contributed by atoms with Gasteiger partial charge in [-0.2, -0.15) is 5.26 Å². The Balaban J connectivity index is 2.30. The molecule has 4 nitrogen and oxygen atoms in total. The summed E-state index contributed by atoms with van der Waals surface area (Å²) in [6.45, 7) is 0.794. The maximum atomic E-state index is 11.9. The predicted octanol–water partition coefficient (Wildman–Crippen LogP) is 2.51. The van der Waals surface area contributed by atoms with Crippen LogP contribution in [0, 0.1) is 11.3 Å². The minimum absolute atomic E-state index is 0.0856. The lowest BCUT2D eigenvalue weighted by atomic mass is 10.0. The summed E-state index contributed by atoms with van der Waals surface area (Å²) < 4.78 is 4.86. The van der Waals surface area contributed by atoms with Crippen LogP contribution >= 0.6 is 0 Å². The SMILES string of the molecule is COCCNC(=O)/C(C#N)=C/c1cccc2ccccc12. The van der Waals surface area contributed by atoms with Crippen molar-refractivity contribution in [2.75, 3.05) is 20.3 Å². The van der Waals surface area contributed by atoms with Crippen molar-refractivity contribution in [2.45, 2.75) is 0 Å². The van der Waals surface area contributed by atoms with Gasteiger partial charge in [-0.1, -0.05) is 42.5 Å². The Morgan fingerprint density at radius 2 is 2.05 bits per heavy atom. The first-order valence-electron chi connectivity index (χ1n) is 6.63. The molecule has 0 bridgehead atoms. The van der Waals surface area contributed by atoms with E-state index in [4.69, 9.17) is 4.74 Å². The Morgan fingerprint density at radius 1 is 1.29 bits per heavy atom. The van der Waals surface area contributed by atoms with Crippen LogP contribution in [-0.2, 0) is 9.53 Å². The van der Waals surface area contributed by atoms with Gasteiger partial charge in [0.2, 0.25) is 0 Å². The van der Waals surface area contributed by atoms with E-state index in [0.29, 0.717) is 13.2 Å². The van der Waals surface area contributed by atoms with Gasteiger partial charge < -0.3 is 10.1 Å². The monoisotopic (exact) mass is 280 g/mol. The standard InChI is InChI=1S/C17H16N2O2/c1-21-10-9-19-17(20)15(12-18)11-14-7-4-6-13-5-2-3-8-16(13)14/h2-8,11H,9-10H2,1H3,(H,19,20)/b15-11+. The van der Waals surface area contributed by atoms with E-state index in [0.717, 1.165) is 16.3 Å². The predicted molar refractivity (Wildman–Crippen MR) is 82.4 cm³/mol. The number of nitrogens with zero attached hydrogens (tertiary/aromatic N) is 1. The lowest BCUT2D eigenvalue weighted by Gasteiger charge is -2.05. The molecule has 0 aliphatic carbocycles. The molecule has 0 saturated carbocycles. The van der Waals surface area contributed by atoms with E-state index in [2.05, 4.69) is 5.32 Å². The molecule has 0 aliphatic heterocycles. The van der Waals surface area contributed by atoms with Crippen molar-refractivity contribution in [1.82, 2.24) is 5.32 Å². The van der Waals surface area contributed by atoms with Crippen LogP contribution in [0.1, 0.15) is 5.56 Å². The summed E-state index contributed by atoms with van der Waals surface area (Å²) in [5.74, 6) is -0.387. The Morgan fingerprint density at radius 3 is 2.81 bits per heavy atom. The summed E-state index contributed by atoms with van der Waals surface area (Å²) in [4.78, 5) is 11.9. The van der Waals surface area contributed by atoms with Crippen LogP contribution in [0.5, 0.6) is 0 Å². The number of nitrogens with one attached hydrogen (secondary N) is 1. The van der Waals surface area contributed by atoms with Gasteiger partial charge in [0, 0.05) is 13.7 Å². The van der Waals surface area contributed by atoms with Gasteiger partial charge in [-0.05, 0) is 22.4 Å². The molecule has 2 aromatic carbocycles. The fourth-order valence-corrected chi connectivity index (χ4v) is 2.04. The van der Waals surface area contributed by atoms with Crippen LogP contribution in [0.3, 0.4) is 0 Å². The van der Waals surface area contributed by atoms with E-state index in [9.17, 15) is 10.1 Å². The average Bonchev–Trinajstić information content (AvgIpc) is 2.52. The number of ether oxygens (including phenoxy) is 1. The molecule has 2 rings (SSSR count). The molecular formula is C17H16N2O2. The molecule has 0 saturated heterocycles. The molecule has 0 aromatic heterocycles. The Kier molecular flexibility index (Phi) is 5.08. The highest BCUT2D eigenvalue weighted by molar-refractivity contribution is 6.04. The second kappa shape index (κ2) is 7.22. The molecule has 0 unspecified atom stereocenters. The molecule has 0 fully saturated rings. The van der Waals surface area contributed by atoms with Crippen molar-refractivity contribution in [2.24, 2.45) is 0 Å². The van der Waals surface area contributed by atoms with Gasteiger partial charge in [0.05, 0.1) is 6.61 Å². The number of rotatable bonds is 5. The summed E-state index contributed by atoms with van der Waals surface area (Å²) in [5, 5.41) is 13.9. The van der Waals surface area contributed by atoms with Gasteiger partial charge >= 0.3 is 0 Å². The van der Waals surface area contributed by atoms with Gasteiger partial charge in [-0.25, -0.2) is 0 Å². The van der Waals surface area contributed by atoms with E-state index in [1.54, 1.807) is 13.2 Å². The molecule has 106 valence electrons. The molecular weight excluding hydrogens is 264 g/mol. The van der Waals surface area contributed by atoms with Crippen molar-refractivity contribution in [3.05, 3.63) is 53.6 Å². The van der Waals surface area contributed by atoms with Crippen LogP contribution in [0.25, 0.3) is 16.8 Å². The minimum atomic E-state index is -0.387. The molecule has 0 atom stereocenters. The number of carbonyl (C=O) groups is 1. The zero-order valence-corrected chi connectivity index (χ0v) is 11.8. The van der Waals surface area contributed by atoms with Gasteiger partial charge in [0.15, 0.2) is 0 Å². The van der Waals surface area contributed by atoms with E-state index < -0.39 is 0 Å². The fourth-order valence-electron chi connectivity index (χ4n) is 2.04. The summed E-state index contributed by atoms with van der Waals surface area (Å²) in [7, 11) is 1.56. The molecule has 4 heteroatoms. The first-order chi connectivity index (χ1) is 10.3. The average molecular weight is 280 g/mol. The molecule has 2 aromatic rings. The number of hydrogen-bond acceptors (Lipinski definition) is 3. The number of carbonyl (C=O) groups excluding carboxylic acids is 1. The van der Waals surface area contributed by atoms with Crippen LogP contribution < -0.4 is 5.32 Å². The molecule has 0 spiro atoms. The lowest BCUT2D eigenvalue weighted by Crippen LogP contribution is -2.27. The second-order valence-electron chi connectivity index (χ2n) is 4.49. The van der Waals surface area contributed by atoms with Crippen molar-refractivity contribution in [1.29, 1.82) is 5.26 Å². The third-order valence-electron chi connectivity index (χ3n) is 3.08. The zero-order valence-electron chi connectivity index (χ0n) is 11.8. The molecule has 0 radical (unpaired) electrons. The summed E-state index contributed by atoms with van der Waals surface area (Å²) >= 11 is 0. The van der Waals surface area contributed by atoms with Gasteiger partial charge in [-0.3, -0.25) is 4.79 Å². The summed E-state index contributed by atoms with van der Waals surface area (Å²) in [6, 6.07) is 15.6. The number of benzene rings is 2. The number of amides is 1. The molecule has 21 heavy (non-hydrogen) atoms. The zero-order chi connectivity index (χ0) is 15.1. The van der Waals surface area contributed by atoms with Gasteiger partial charge in [0.25, 0.3) is 5.91 Å². The lowest BCUT2D eigenvalue weighted by molar-refractivity contribution is -0.117. The van der Waals surface area contributed by atoms with Crippen LogP contribution in [-0.4, -0.2) is 26.2 Å². The first kappa shape index (κ1) is 14.8. The normalized spacial score (nSPS) is 11.1. The highest BCUT2D eigenvalue weighted by Crippen LogP contribution is 2.20. The number of methoxy groups -OCH3 is 1. The number of fused-ring (bicyclic) bond motifs is 1. The van der Waals surface area contributed by atoms with E-state index >= 15 is 0 Å². The van der Waals surface area contributed by atoms with Gasteiger partial charge in [0.1, 0.15) is 11.6 Å². The van der Waals surface area contributed by atoms with E-state index in [1.807, 2.05) is 48.5 Å². The van der Waals surface area contributed by atoms with Crippen molar-refractivity contribution in [3.8, 4) is 6.07 Å².